The molecule has 1 N–H and O–H groups in total. The van der Waals surface area contributed by atoms with Crippen molar-refractivity contribution in [3.8, 4) is 5.75 Å². The highest BCUT2D eigenvalue weighted by Gasteiger charge is 2.23. The number of nitrogens with zero attached hydrogens (tertiary/aromatic N) is 4. The van der Waals surface area contributed by atoms with E-state index in [1.165, 1.54) is 18.4 Å². The van der Waals surface area contributed by atoms with Gasteiger partial charge < -0.3 is 19.4 Å². The minimum atomic E-state index is -0.312. The van der Waals surface area contributed by atoms with E-state index in [0.29, 0.717) is 24.4 Å². The van der Waals surface area contributed by atoms with Crippen LogP contribution in [-0.2, 0) is 11.3 Å². The van der Waals surface area contributed by atoms with Crippen molar-refractivity contribution in [2.24, 2.45) is 0 Å². The van der Waals surface area contributed by atoms with E-state index in [9.17, 15) is 9.59 Å². The van der Waals surface area contributed by atoms with Crippen molar-refractivity contribution in [3.63, 3.8) is 0 Å². The Morgan fingerprint density at radius 3 is 2.59 bits per heavy atom. The first-order chi connectivity index (χ1) is 15.5. The summed E-state index contributed by atoms with van der Waals surface area (Å²) in [5.74, 6) is 0.103. The zero-order valence-corrected chi connectivity index (χ0v) is 18.8. The van der Waals surface area contributed by atoms with Crippen LogP contribution in [0.3, 0.4) is 0 Å². The molecule has 0 bridgehead atoms. The highest BCUT2D eigenvalue weighted by Crippen LogP contribution is 2.18. The van der Waals surface area contributed by atoms with Crippen LogP contribution in [0.15, 0.2) is 42.6 Å². The number of ether oxygens (including phenoxy) is 1. The number of hydrogen-bond acceptors (Lipinski definition) is 5. The summed E-state index contributed by atoms with van der Waals surface area (Å²) < 4.78 is 7.36. The number of hydrogen-bond donors (Lipinski definition) is 1. The summed E-state index contributed by atoms with van der Waals surface area (Å²) in [7, 11) is 1.52. The monoisotopic (exact) mass is 435 g/mol. The van der Waals surface area contributed by atoms with Gasteiger partial charge in [0.25, 0.3) is 5.91 Å². The third kappa shape index (κ3) is 4.60. The Kier molecular flexibility index (Phi) is 6.41. The Hall–Kier alpha value is -3.39. The zero-order valence-electron chi connectivity index (χ0n) is 18.8. The number of carbonyl (C=O) groups is 2. The molecule has 3 aromatic rings. The predicted molar refractivity (Wildman–Crippen MR) is 122 cm³/mol. The summed E-state index contributed by atoms with van der Waals surface area (Å²) in [6.07, 6.45) is 2.07. The number of nitrogens with one attached hydrogen (secondary N) is 1. The van der Waals surface area contributed by atoms with E-state index >= 15 is 0 Å². The van der Waals surface area contributed by atoms with Gasteiger partial charge in [-0.15, -0.1) is 0 Å². The van der Waals surface area contributed by atoms with Gasteiger partial charge in [-0.25, -0.2) is 4.98 Å². The molecule has 0 spiro atoms. The van der Waals surface area contributed by atoms with Crippen LogP contribution in [0.5, 0.6) is 5.75 Å². The molecule has 3 heterocycles. The van der Waals surface area contributed by atoms with Crippen molar-refractivity contribution in [1.29, 1.82) is 0 Å². The highest BCUT2D eigenvalue weighted by molar-refractivity contribution is 5.98. The molecule has 0 atom stereocenters. The van der Waals surface area contributed by atoms with E-state index in [1.807, 2.05) is 11.8 Å². The van der Waals surface area contributed by atoms with Gasteiger partial charge in [-0.3, -0.25) is 14.5 Å². The van der Waals surface area contributed by atoms with Crippen molar-refractivity contribution in [2.45, 2.75) is 20.4 Å². The molecule has 1 saturated heterocycles. The predicted octanol–water partition coefficient (Wildman–Crippen LogP) is 2.03. The van der Waals surface area contributed by atoms with Crippen LogP contribution in [0, 0.1) is 13.8 Å². The summed E-state index contributed by atoms with van der Waals surface area (Å²) in [6, 6.07) is 11.2. The maximum atomic E-state index is 12.6. The van der Waals surface area contributed by atoms with Crippen LogP contribution in [-0.4, -0.2) is 70.8 Å². The molecule has 0 radical (unpaired) electrons. The third-order valence-corrected chi connectivity index (χ3v) is 5.93. The van der Waals surface area contributed by atoms with Gasteiger partial charge in [0.2, 0.25) is 5.91 Å². The summed E-state index contributed by atoms with van der Waals surface area (Å²) in [5.41, 5.74) is 4.80. The number of aryl methyl sites for hydroxylation is 2. The Morgan fingerprint density at radius 1 is 1.09 bits per heavy atom. The smallest absolute Gasteiger partial charge is 0.255 e. The lowest BCUT2D eigenvalue weighted by Crippen LogP contribution is -2.51. The maximum absolute atomic E-state index is 12.6. The highest BCUT2D eigenvalue weighted by atomic mass is 16.5. The fourth-order valence-corrected chi connectivity index (χ4v) is 4.07. The average Bonchev–Trinajstić information content (AvgIpc) is 3.11. The number of imidazole rings is 1. The molecule has 32 heavy (non-hydrogen) atoms. The zero-order chi connectivity index (χ0) is 22.7. The number of carbonyl (C=O) groups excluding carboxylic acids is 2. The van der Waals surface area contributed by atoms with E-state index in [1.54, 1.807) is 24.3 Å². The molecule has 4 rings (SSSR count). The first-order valence-electron chi connectivity index (χ1n) is 10.8. The van der Waals surface area contributed by atoms with E-state index in [-0.39, 0.29) is 18.4 Å². The lowest BCUT2D eigenvalue weighted by atomic mass is 10.2. The number of benzene rings is 1. The molecule has 2 amide bonds. The summed E-state index contributed by atoms with van der Waals surface area (Å²) >= 11 is 0. The lowest BCUT2D eigenvalue weighted by Gasteiger charge is -2.34. The number of piperazine rings is 1. The standard InChI is InChI=1S/C24H29N5O3/c1-17-8-9-29-20(18(2)26-22(29)14-17)16-27-10-12-28(13-11-27)23(30)15-25-24(31)19-6-4-5-7-21(19)32-3/h4-9,14H,10-13,15-16H2,1-3H3,(H,25,31). The topological polar surface area (TPSA) is 79.2 Å². The van der Waals surface area contributed by atoms with Gasteiger partial charge in [0.05, 0.1) is 30.6 Å². The van der Waals surface area contributed by atoms with Gasteiger partial charge >= 0.3 is 0 Å². The molecule has 1 aromatic carbocycles. The first kappa shape index (κ1) is 21.8. The molecular weight excluding hydrogens is 406 g/mol. The Morgan fingerprint density at radius 2 is 1.84 bits per heavy atom. The summed E-state index contributed by atoms with van der Waals surface area (Å²) in [4.78, 5) is 33.9. The number of para-hydroxylation sites is 1. The molecule has 8 nitrogen and oxygen atoms in total. The number of aromatic nitrogens is 2. The van der Waals surface area contributed by atoms with Crippen molar-refractivity contribution in [2.75, 3.05) is 39.8 Å². The minimum Gasteiger partial charge on any atom is -0.496 e. The van der Waals surface area contributed by atoms with Crippen LogP contribution in [0.2, 0.25) is 0 Å². The van der Waals surface area contributed by atoms with Crippen molar-refractivity contribution in [3.05, 3.63) is 65.1 Å². The van der Waals surface area contributed by atoms with Crippen LogP contribution in [0.25, 0.3) is 5.65 Å². The number of rotatable bonds is 6. The number of pyridine rings is 1. The molecule has 1 aliphatic rings. The number of amides is 2. The average molecular weight is 436 g/mol. The normalized spacial score (nSPS) is 14.5. The quantitative estimate of drug-likeness (QED) is 0.641. The van der Waals surface area contributed by atoms with Crippen LogP contribution in [0.1, 0.15) is 27.3 Å². The van der Waals surface area contributed by atoms with Crippen LogP contribution < -0.4 is 10.1 Å². The minimum absolute atomic E-state index is 0.0252. The van der Waals surface area contributed by atoms with Crippen LogP contribution >= 0.6 is 0 Å². The van der Waals surface area contributed by atoms with Crippen molar-refractivity contribution in [1.82, 2.24) is 24.5 Å². The largest absolute Gasteiger partial charge is 0.496 e. The summed E-state index contributed by atoms with van der Waals surface area (Å²) in [6.45, 7) is 7.72. The molecule has 0 unspecified atom stereocenters. The molecule has 168 valence electrons. The molecule has 1 aliphatic heterocycles. The summed E-state index contributed by atoms with van der Waals surface area (Å²) in [5, 5.41) is 2.72. The fraction of sp³-hybridized carbons (Fsp3) is 0.375. The van der Waals surface area contributed by atoms with Crippen molar-refractivity contribution >= 4 is 17.5 Å². The lowest BCUT2D eigenvalue weighted by molar-refractivity contribution is -0.131. The van der Waals surface area contributed by atoms with E-state index < -0.39 is 0 Å². The molecule has 2 aromatic heterocycles. The number of fused-ring (bicyclic) bond motifs is 1. The van der Waals surface area contributed by atoms with Crippen molar-refractivity contribution < 1.29 is 14.3 Å². The SMILES string of the molecule is COc1ccccc1C(=O)NCC(=O)N1CCN(Cc2c(C)nc3cc(C)ccn23)CC1. The second-order valence-corrected chi connectivity index (χ2v) is 8.12. The fourth-order valence-electron chi connectivity index (χ4n) is 4.07. The van der Waals surface area contributed by atoms with Gasteiger partial charge in [0.1, 0.15) is 11.4 Å². The van der Waals surface area contributed by atoms with E-state index in [4.69, 9.17) is 4.74 Å². The second-order valence-electron chi connectivity index (χ2n) is 8.12. The Labute approximate surface area is 187 Å². The number of methoxy groups -OCH3 is 1. The van der Waals surface area contributed by atoms with Gasteiger partial charge in [0, 0.05) is 38.9 Å². The van der Waals surface area contributed by atoms with Crippen LogP contribution in [0.4, 0.5) is 0 Å². The first-order valence-corrected chi connectivity index (χ1v) is 10.8. The van der Waals surface area contributed by atoms with E-state index in [2.05, 4.69) is 44.9 Å². The molecule has 0 aliphatic carbocycles. The van der Waals surface area contributed by atoms with E-state index in [0.717, 1.165) is 31.0 Å². The van der Waals surface area contributed by atoms with Gasteiger partial charge in [-0.2, -0.15) is 0 Å². The third-order valence-electron chi connectivity index (χ3n) is 5.93. The van der Waals surface area contributed by atoms with Gasteiger partial charge in [-0.1, -0.05) is 12.1 Å². The molecular formula is C24H29N5O3. The molecule has 0 saturated carbocycles. The Balaban J connectivity index is 1.30. The Bertz CT molecular complexity index is 1130. The molecule has 1 fully saturated rings. The second kappa shape index (κ2) is 9.40. The maximum Gasteiger partial charge on any atom is 0.255 e. The van der Waals surface area contributed by atoms with Gasteiger partial charge in [0.15, 0.2) is 0 Å². The molecule has 8 heteroatoms. The van der Waals surface area contributed by atoms with Gasteiger partial charge in [-0.05, 0) is 43.7 Å².